The molecule has 1 aliphatic heterocycles. The molecule has 2 atom stereocenters. The molecule has 1 saturated heterocycles. The van der Waals surface area contributed by atoms with Crippen molar-refractivity contribution in [1.82, 2.24) is 19.5 Å². The summed E-state index contributed by atoms with van der Waals surface area (Å²) >= 11 is 0. The van der Waals surface area contributed by atoms with Crippen molar-refractivity contribution in [2.75, 3.05) is 13.7 Å². The lowest BCUT2D eigenvalue weighted by Crippen LogP contribution is -2.32. The fourth-order valence-corrected chi connectivity index (χ4v) is 4.48. The molecule has 9 heteroatoms. The summed E-state index contributed by atoms with van der Waals surface area (Å²) in [5, 5.41) is 7.07. The van der Waals surface area contributed by atoms with Gasteiger partial charge < -0.3 is 9.15 Å². The van der Waals surface area contributed by atoms with Gasteiger partial charge in [0.05, 0.1) is 18.4 Å². The summed E-state index contributed by atoms with van der Waals surface area (Å²) < 4.78 is 37.5. The van der Waals surface area contributed by atoms with Crippen LogP contribution in [0.2, 0.25) is 0 Å². The number of nitrogens with zero attached hydrogens (tertiary/aromatic N) is 3. The molecular weight excluding hydrogens is 320 g/mol. The van der Waals surface area contributed by atoms with E-state index in [4.69, 9.17) is 9.15 Å². The minimum absolute atomic E-state index is 0.0683. The van der Waals surface area contributed by atoms with Crippen LogP contribution in [0.3, 0.4) is 0 Å². The second kappa shape index (κ2) is 5.43. The number of aromatic amines is 1. The van der Waals surface area contributed by atoms with Gasteiger partial charge in [0.1, 0.15) is 5.82 Å². The topological polar surface area (TPSA) is 101 Å². The number of ether oxygens (including phenoxy) is 1. The number of hydrogen-bond donors (Lipinski definition) is 1. The summed E-state index contributed by atoms with van der Waals surface area (Å²) in [5.41, 5.74) is 0. The molecule has 0 unspecified atom stereocenters. The van der Waals surface area contributed by atoms with Gasteiger partial charge in [0, 0.05) is 19.6 Å². The van der Waals surface area contributed by atoms with Gasteiger partial charge in [0.25, 0.3) is 10.0 Å². The first-order valence-corrected chi connectivity index (χ1v) is 9.04. The number of sulfonamides is 1. The molecule has 2 aliphatic rings. The summed E-state index contributed by atoms with van der Waals surface area (Å²) in [6, 6.07) is 2.59. The molecule has 0 radical (unpaired) electrons. The normalized spacial score (nSPS) is 26.0. The molecule has 0 amide bonds. The van der Waals surface area contributed by atoms with E-state index in [2.05, 4.69) is 15.2 Å². The van der Waals surface area contributed by atoms with Gasteiger partial charge >= 0.3 is 0 Å². The Hall–Kier alpha value is -1.71. The van der Waals surface area contributed by atoms with Crippen molar-refractivity contribution < 1.29 is 17.6 Å². The quantitative estimate of drug-likeness (QED) is 0.885. The van der Waals surface area contributed by atoms with E-state index in [1.54, 1.807) is 13.2 Å². The average Bonchev–Trinajstić information content (AvgIpc) is 3.04. The lowest BCUT2D eigenvalue weighted by atomic mass is 10.2. The third kappa shape index (κ3) is 2.58. The molecule has 1 N–H and O–H groups in total. The molecule has 4 rings (SSSR count). The van der Waals surface area contributed by atoms with Crippen LogP contribution in [0.4, 0.5) is 0 Å². The van der Waals surface area contributed by atoms with Crippen LogP contribution in [-0.2, 0) is 14.8 Å². The van der Waals surface area contributed by atoms with E-state index in [0.717, 1.165) is 18.7 Å². The summed E-state index contributed by atoms with van der Waals surface area (Å²) in [6.07, 6.45) is 3.90. The van der Waals surface area contributed by atoms with Gasteiger partial charge in [-0.25, -0.2) is 13.4 Å². The Kier molecular flexibility index (Phi) is 3.51. The van der Waals surface area contributed by atoms with Crippen LogP contribution >= 0.6 is 0 Å². The van der Waals surface area contributed by atoms with Gasteiger partial charge in [-0.15, -0.1) is 0 Å². The number of hydrogen-bond acceptors (Lipinski definition) is 6. The molecule has 0 bridgehead atoms. The third-order valence-corrected chi connectivity index (χ3v) is 6.15. The van der Waals surface area contributed by atoms with Crippen molar-refractivity contribution >= 4 is 10.0 Å². The molecule has 2 aromatic heterocycles. The van der Waals surface area contributed by atoms with Gasteiger partial charge in [0.15, 0.2) is 5.82 Å². The van der Waals surface area contributed by atoms with E-state index in [-0.39, 0.29) is 17.7 Å². The first-order chi connectivity index (χ1) is 11.1. The number of H-pyrrole nitrogens is 1. The van der Waals surface area contributed by atoms with Crippen LogP contribution in [0.15, 0.2) is 27.9 Å². The number of rotatable bonds is 5. The monoisotopic (exact) mass is 338 g/mol. The highest BCUT2D eigenvalue weighted by molar-refractivity contribution is 7.89. The largest absolute Gasteiger partial charge is 0.452 e. The SMILES string of the molecule is CO[C@@H]1C[C@@H](c2nc(C3CC3)n[nH]2)N(S(=O)(=O)c2ccco2)C1. The van der Waals surface area contributed by atoms with Crippen LogP contribution < -0.4 is 0 Å². The molecule has 1 aliphatic carbocycles. The fraction of sp³-hybridized carbons (Fsp3) is 0.571. The van der Waals surface area contributed by atoms with E-state index < -0.39 is 16.1 Å². The van der Waals surface area contributed by atoms with Crippen LogP contribution in [0.25, 0.3) is 0 Å². The maximum Gasteiger partial charge on any atom is 0.277 e. The van der Waals surface area contributed by atoms with Gasteiger partial charge in [0.2, 0.25) is 5.09 Å². The minimum Gasteiger partial charge on any atom is -0.452 e. The Labute approximate surface area is 133 Å². The molecule has 23 heavy (non-hydrogen) atoms. The fourth-order valence-electron chi connectivity index (χ4n) is 2.94. The van der Waals surface area contributed by atoms with Crippen LogP contribution in [-0.4, -0.2) is 47.7 Å². The molecule has 2 fully saturated rings. The van der Waals surface area contributed by atoms with Crippen molar-refractivity contribution in [1.29, 1.82) is 0 Å². The van der Waals surface area contributed by atoms with E-state index in [1.807, 2.05) is 0 Å². The number of aromatic nitrogens is 3. The first kappa shape index (κ1) is 14.9. The number of nitrogens with one attached hydrogen (secondary N) is 1. The van der Waals surface area contributed by atoms with E-state index in [0.29, 0.717) is 18.2 Å². The molecular formula is C14H18N4O4S. The predicted octanol–water partition coefficient (Wildman–Crippen LogP) is 1.43. The summed E-state index contributed by atoms with van der Waals surface area (Å²) in [4.78, 5) is 4.51. The van der Waals surface area contributed by atoms with E-state index in [9.17, 15) is 8.42 Å². The summed E-state index contributed by atoms with van der Waals surface area (Å²) in [7, 11) is -2.15. The Morgan fingerprint density at radius 3 is 2.91 bits per heavy atom. The van der Waals surface area contributed by atoms with Crippen LogP contribution in [0.1, 0.15) is 42.9 Å². The standard InChI is InChI=1S/C14H18N4O4S/c1-21-10-7-11(14-15-13(16-17-14)9-4-5-9)18(8-10)23(19,20)12-3-2-6-22-12/h2-3,6,9-11H,4-5,7-8H2,1H3,(H,15,16,17)/t10-,11+/m1/s1. The molecule has 3 heterocycles. The zero-order valence-electron chi connectivity index (χ0n) is 12.7. The summed E-state index contributed by atoms with van der Waals surface area (Å²) in [5.74, 6) is 1.76. The second-order valence-electron chi connectivity index (χ2n) is 5.97. The zero-order chi connectivity index (χ0) is 16.0. The number of methoxy groups -OCH3 is 1. The summed E-state index contributed by atoms with van der Waals surface area (Å²) in [6.45, 7) is 0.268. The maximum atomic E-state index is 12.8. The Balaban J connectivity index is 1.67. The molecule has 2 aromatic rings. The predicted molar refractivity (Wildman–Crippen MR) is 79.1 cm³/mol. The molecule has 124 valence electrons. The highest BCUT2D eigenvalue weighted by Gasteiger charge is 2.44. The van der Waals surface area contributed by atoms with Crippen molar-refractivity contribution in [2.45, 2.75) is 42.4 Å². The van der Waals surface area contributed by atoms with Crippen molar-refractivity contribution in [3.05, 3.63) is 30.0 Å². The highest BCUT2D eigenvalue weighted by Crippen LogP contribution is 2.40. The molecule has 8 nitrogen and oxygen atoms in total. The Morgan fingerprint density at radius 1 is 1.43 bits per heavy atom. The van der Waals surface area contributed by atoms with E-state index in [1.165, 1.54) is 16.6 Å². The molecule has 1 saturated carbocycles. The van der Waals surface area contributed by atoms with Crippen molar-refractivity contribution in [3.8, 4) is 0 Å². The van der Waals surface area contributed by atoms with Crippen LogP contribution in [0, 0.1) is 0 Å². The highest BCUT2D eigenvalue weighted by atomic mass is 32.2. The smallest absolute Gasteiger partial charge is 0.277 e. The minimum atomic E-state index is -3.73. The molecule has 0 aromatic carbocycles. The number of furan rings is 1. The van der Waals surface area contributed by atoms with E-state index >= 15 is 0 Å². The third-order valence-electron chi connectivity index (χ3n) is 4.39. The second-order valence-corrected chi connectivity index (χ2v) is 7.79. The molecule has 0 spiro atoms. The lowest BCUT2D eigenvalue weighted by molar-refractivity contribution is 0.114. The Bertz CT molecular complexity index is 782. The van der Waals surface area contributed by atoms with Crippen molar-refractivity contribution in [3.63, 3.8) is 0 Å². The van der Waals surface area contributed by atoms with Crippen molar-refractivity contribution in [2.24, 2.45) is 0 Å². The van der Waals surface area contributed by atoms with Gasteiger partial charge in [-0.05, 0) is 31.4 Å². The first-order valence-electron chi connectivity index (χ1n) is 7.60. The van der Waals surface area contributed by atoms with Crippen LogP contribution in [0.5, 0.6) is 0 Å². The lowest BCUT2D eigenvalue weighted by Gasteiger charge is -2.20. The van der Waals surface area contributed by atoms with Gasteiger partial charge in [-0.1, -0.05) is 0 Å². The Morgan fingerprint density at radius 2 is 2.26 bits per heavy atom. The zero-order valence-corrected chi connectivity index (χ0v) is 13.5. The average molecular weight is 338 g/mol. The maximum absolute atomic E-state index is 12.8. The van der Waals surface area contributed by atoms with Gasteiger partial charge in [-0.3, -0.25) is 5.10 Å². The van der Waals surface area contributed by atoms with Gasteiger partial charge in [-0.2, -0.15) is 9.40 Å².